The van der Waals surface area contributed by atoms with Gasteiger partial charge in [-0.1, -0.05) is 11.6 Å². The molecule has 0 amide bonds. The summed E-state index contributed by atoms with van der Waals surface area (Å²) in [5, 5.41) is 10.0. The number of aromatic nitrogens is 3. The fraction of sp³-hybridized carbons (Fsp3) is 0.143. The lowest BCUT2D eigenvalue weighted by atomic mass is 10.1. The number of aliphatic hydroxyl groups excluding tert-OH is 1. The van der Waals surface area contributed by atoms with Crippen LogP contribution in [-0.2, 0) is 6.61 Å². The Balaban J connectivity index is 2.32. The summed E-state index contributed by atoms with van der Waals surface area (Å²) in [4.78, 5) is 8.55. The molecule has 1 N–H and O–H groups in total. The largest absolute Gasteiger partial charge is 0.390 e. The van der Waals surface area contributed by atoms with Crippen molar-refractivity contribution in [1.82, 2.24) is 14.4 Å². The lowest BCUT2D eigenvalue weighted by Crippen LogP contribution is -2.10. The summed E-state index contributed by atoms with van der Waals surface area (Å²) in [6, 6.07) is 2.90. The molecule has 4 nitrogen and oxygen atoms in total. The summed E-state index contributed by atoms with van der Waals surface area (Å²) in [6.45, 7) is 1.55. The third-order valence-electron chi connectivity index (χ3n) is 3.39. The van der Waals surface area contributed by atoms with Crippen LogP contribution in [0.15, 0.2) is 24.5 Å². The maximum atomic E-state index is 14.2. The number of halogens is 2. The van der Waals surface area contributed by atoms with Crippen LogP contribution in [0.25, 0.3) is 16.9 Å². The fourth-order valence-corrected chi connectivity index (χ4v) is 2.46. The molecule has 0 saturated carbocycles. The number of aryl methyl sites for hydroxylation is 1. The van der Waals surface area contributed by atoms with Crippen molar-refractivity contribution in [2.75, 3.05) is 0 Å². The van der Waals surface area contributed by atoms with E-state index in [-0.39, 0.29) is 6.61 Å². The number of benzene rings is 1. The second kappa shape index (κ2) is 5.13. The van der Waals surface area contributed by atoms with Crippen LogP contribution in [0.4, 0.5) is 4.39 Å². The zero-order valence-corrected chi connectivity index (χ0v) is 12.3. The average molecular weight is 304 g/mol. The van der Waals surface area contributed by atoms with Gasteiger partial charge in [-0.15, -0.1) is 0 Å². The van der Waals surface area contributed by atoms with Crippen LogP contribution >= 0.6 is 11.6 Å². The van der Waals surface area contributed by atoms with Crippen LogP contribution in [-0.4, -0.2) is 27.3 Å². The van der Waals surface area contributed by atoms with Crippen molar-refractivity contribution in [3.05, 3.63) is 46.6 Å². The zero-order chi connectivity index (χ0) is 15.1. The Morgan fingerprint density at radius 2 is 2.19 bits per heavy atom. The molecule has 3 rings (SSSR count). The minimum atomic E-state index is -0.464. The number of nitrogens with zero attached hydrogens (tertiary/aromatic N) is 3. The van der Waals surface area contributed by atoms with E-state index in [0.29, 0.717) is 27.6 Å². The molecule has 106 valence electrons. The van der Waals surface area contributed by atoms with Gasteiger partial charge in [0.25, 0.3) is 0 Å². The van der Waals surface area contributed by atoms with Gasteiger partial charge in [0.15, 0.2) is 13.5 Å². The summed E-state index contributed by atoms with van der Waals surface area (Å²) < 4.78 is 15.9. The second-order valence-corrected chi connectivity index (χ2v) is 5.31. The van der Waals surface area contributed by atoms with Gasteiger partial charge >= 0.3 is 0 Å². The molecule has 0 aliphatic heterocycles. The summed E-state index contributed by atoms with van der Waals surface area (Å²) in [6.07, 6.45) is 3.36. The predicted molar refractivity (Wildman–Crippen MR) is 82.2 cm³/mol. The second-order valence-electron chi connectivity index (χ2n) is 4.90. The van der Waals surface area contributed by atoms with E-state index < -0.39 is 5.82 Å². The first kappa shape index (κ1) is 14.0. The van der Waals surface area contributed by atoms with Gasteiger partial charge in [-0.05, 0) is 24.6 Å². The molecule has 0 unspecified atom stereocenters. The van der Waals surface area contributed by atoms with E-state index in [1.807, 2.05) is 7.85 Å². The van der Waals surface area contributed by atoms with Crippen molar-refractivity contribution in [1.29, 1.82) is 0 Å². The minimum Gasteiger partial charge on any atom is -0.390 e. The predicted octanol–water partition coefficient (Wildman–Crippen LogP) is 1.25. The van der Waals surface area contributed by atoms with Crippen LogP contribution in [0, 0.1) is 12.7 Å². The maximum absolute atomic E-state index is 14.2. The van der Waals surface area contributed by atoms with E-state index in [1.165, 1.54) is 6.07 Å². The smallest absolute Gasteiger partial charge is 0.165 e. The third kappa shape index (κ3) is 2.30. The number of imidazole rings is 1. The molecule has 0 radical (unpaired) electrons. The van der Waals surface area contributed by atoms with Crippen molar-refractivity contribution >= 4 is 30.7 Å². The Morgan fingerprint density at radius 1 is 1.43 bits per heavy atom. The number of rotatable bonds is 2. The van der Waals surface area contributed by atoms with E-state index in [4.69, 9.17) is 11.6 Å². The van der Waals surface area contributed by atoms with Crippen molar-refractivity contribution in [3.8, 4) is 11.3 Å². The highest BCUT2D eigenvalue weighted by molar-refractivity contribution is 6.31. The Hall–Kier alpha value is -1.92. The van der Waals surface area contributed by atoms with Crippen molar-refractivity contribution < 1.29 is 9.50 Å². The molecular formula is C14H12BClFN3O. The highest BCUT2D eigenvalue weighted by atomic mass is 35.5. The molecule has 2 heterocycles. The van der Waals surface area contributed by atoms with Gasteiger partial charge < -0.3 is 5.11 Å². The molecule has 2 aromatic heterocycles. The maximum Gasteiger partial charge on any atom is 0.165 e. The van der Waals surface area contributed by atoms with Gasteiger partial charge in [0.05, 0.1) is 24.2 Å². The highest BCUT2D eigenvalue weighted by Crippen LogP contribution is 2.30. The molecule has 0 fully saturated rings. The lowest BCUT2D eigenvalue weighted by molar-refractivity contribution is 0.276. The van der Waals surface area contributed by atoms with Crippen molar-refractivity contribution in [2.45, 2.75) is 13.5 Å². The van der Waals surface area contributed by atoms with Crippen molar-refractivity contribution in [2.24, 2.45) is 0 Å². The standard InChI is InChI=1S/C14H12BClFN3O/c1-7-2-8(10(17)3-9(7)16)14-11(6-21)20-5-12(15)18-4-13(20)19-14/h2-5,21H,6,15H2,1H3. The van der Waals surface area contributed by atoms with Gasteiger partial charge in [-0.3, -0.25) is 9.38 Å². The fourth-order valence-electron chi connectivity index (χ4n) is 2.31. The average Bonchev–Trinajstić information content (AvgIpc) is 2.80. The van der Waals surface area contributed by atoms with E-state index in [0.717, 1.165) is 11.2 Å². The van der Waals surface area contributed by atoms with Gasteiger partial charge in [-0.25, -0.2) is 9.37 Å². The monoisotopic (exact) mass is 303 g/mol. The normalized spacial score (nSPS) is 11.2. The Labute approximate surface area is 126 Å². The molecule has 0 atom stereocenters. The van der Waals surface area contributed by atoms with Gasteiger partial charge in [0.2, 0.25) is 0 Å². The number of hydrogen-bond donors (Lipinski definition) is 1. The van der Waals surface area contributed by atoms with Gasteiger partial charge in [0.1, 0.15) is 5.82 Å². The van der Waals surface area contributed by atoms with Crippen LogP contribution in [0.3, 0.4) is 0 Å². The lowest BCUT2D eigenvalue weighted by Gasteiger charge is -2.06. The topological polar surface area (TPSA) is 50.4 Å². The Bertz CT molecular complexity index is 850. The van der Waals surface area contributed by atoms with Crippen LogP contribution in [0.2, 0.25) is 5.02 Å². The third-order valence-corrected chi connectivity index (χ3v) is 3.80. The molecule has 21 heavy (non-hydrogen) atoms. The van der Waals surface area contributed by atoms with Gasteiger partial charge in [-0.2, -0.15) is 0 Å². The number of aliphatic hydroxyl groups is 1. The molecule has 0 aliphatic rings. The first-order valence-electron chi connectivity index (χ1n) is 6.41. The molecule has 7 heteroatoms. The van der Waals surface area contributed by atoms with Crippen LogP contribution < -0.4 is 5.59 Å². The SMILES string of the molecule is Bc1cn2c(CO)c(-c3cc(C)c(Cl)cc3F)nc2cn1. The summed E-state index contributed by atoms with van der Waals surface area (Å²) in [7, 11) is 1.84. The van der Waals surface area contributed by atoms with E-state index in [9.17, 15) is 9.50 Å². The number of hydrogen-bond acceptors (Lipinski definition) is 3. The highest BCUT2D eigenvalue weighted by Gasteiger charge is 2.18. The van der Waals surface area contributed by atoms with Crippen LogP contribution in [0.1, 0.15) is 11.3 Å². The number of fused-ring (bicyclic) bond motifs is 1. The van der Waals surface area contributed by atoms with E-state index in [1.54, 1.807) is 29.8 Å². The summed E-state index contributed by atoms with van der Waals surface area (Å²) in [5.74, 6) is -0.464. The molecule has 3 aromatic rings. The van der Waals surface area contributed by atoms with E-state index >= 15 is 0 Å². The molecule has 0 bridgehead atoms. The Kier molecular flexibility index (Phi) is 3.43. The molecule has 0 saturated heterocycles. The summed E-state index contributed by atoms with van der Waals surface area (Å²) >= 11 is 5.92. The van der Waals surface area contributed by atoms with Gasteiger partial charge in [0, 0.05) is 22.4 Å². The molecule has 1 aromatic carbocycles. The minimum absolute atomic E-state index is 0.249. The first-order valence-corrected chi connectivity index (χ1v) is 6.79. The molecule has 0 spiro atoms. The molecule has 0 aliphatic carbocycles. The summed E-state index contributed by atoms with van der Waals surface area (Å²) in [5.41, 5.74) is 3.35. The van der Waals surface area contributed by atoms with E-state index in [2.05, 4.69) is 9.97 Å². The quantitative estimate of drug-likeness (QED) is 0.725. The first-order chi connectivity index (χ1) is 10.0. The molecular weight excluding hydrogens is 291 g/mol. The zero-order valence-electron chi connectivity index (χ0n) is 11.6. The Morgan fingerprint density at radius 3 is 2.90 bits per heavy atom. The van der Waals surface area contributed by atoms with Crippen molar-refractivity contribution in [3.63, 3.8) is 0 Å². The van der Waals surface area contributed by atoms with Crippen LogP contribution in [0.5, 0.6) is 0 Å².